The highest BCUT2D eigenvalue weighted by Crippen LogP contribution is 2.55. The van der Waals surface area contributed by atoms with Gasteiger partial charge in [0, 0.05) is 53.5 Å². The standard InChI is InChI=1S/C40H43ClN2O4/c1-24-12-14-28(16-25(24)2)42-35(46)23-47-34-15-13-27(17-29(34)41)36-37-30(18-39(3,4)20-32(37)44)43(22-26-10-8-7-9-11-26)31-19-40(5,6)21-33(45)38(31)36/h7-17,36H,18-23H2,1-6H3,(H,42,46). The van der Waals surface area contributed by atoms with Gasteiger partial charge < -0.3 is 15.0 Å². The second-order valence-corrected chi connectivity index (χ2v) is 15.3. The molecular weight excluding hydrogens is 608 g/mol. The predicted molar refractivity (Wildman–Crippen MR) is 186 cm³/mol. The van der Waals surface area contributed by atoms with Crippen LogP contribution in [0, 0.1) is 24.7 Å². The first-order valence-corrected chi connectivity index (χ1v) is 16.7. The average molecular weight is 651 g/mol. The van der Waals surface area contributed by atoms with Gasteiger partial charge in [-0.25, -0.2) is 0 Å². The van der Waals surface area contributed by atoms with Crippen molar-refractivity contribution in [1.29, 1.82) is 0 Å². The summed E-state index contributed by atoms with van der Waals surface area (Å²) in [7, 11) is 0. The number of allylic oxidation sites excluding steroid dienone is 4. The Morgan fingerprint density at radius 2 is 1.45 bits per heavy atom. The lowest BCUT2D eigenvalue weighted by atomic mass is 9.63. The summed E-state index contributed by atoms with van der Waals surface area (Å²) in [6.45, 7) is 13.0. The normalized spacial score (nSPS) is 19.0. The van der Waals surface area contributed by atoms with Crippen LogP contribution in [0.15, 0.2) is 89.3 Å². The second-order valence-electron chi connectivity index (χ2n) is 14.9. The third kappa shape index (κ3) is 6.80. The van der Waals surface area contributed by atoms with Crippen molar-refractivity contribution in [2.24, 2.45) is 10.8 Å². The summed E-state index contributed by atoms with van der Waals surface area (Å²) < 4.78 is 5.85. The van der Waals surface area contributed by atoms with Crippen LogP contribution >= 0.6 is 11.6 Å². The number of amides is 1. The Kier molecular flexibility index (Phi) is 8.69. The fourth-order valence-electron chi connectivity index (χ4n) is 7.31. The number of ether oxygens (including phenoxy) is 1. The van der Waals surface area contributed by atoms with Crippen molar-refractivity contribution in [3.63, 3.8) is 0 Å². The highest BCUT2D eigenvalue weighted by Gasteiger charge is 2.49. The zero-order valence-corrected chi connectivity index (χ0v) is 28.9. The molecule has 0 aromatic heterocycles. The smallest absolute Gasteiger partial charge is 0.262 e. The van der Waals surface area contributed by atoms with Crippen LogP contribution in [0.1, 0.15) is 81.5 Å². The van der Waals surface area contributed by atoms with Gasteiger partial charge >= 0.3 is 0 Å². The fourth-order valence-corrected chi connectivity index (χ4v) is 7.55. The molecule has 0 atom stereocenters. The van der Waals surface area contributed by atoms with Gasteiger partial charge in [-0.1, -0.05) is 81.8 Å². The quantitative estimate of drug-likeness (QED) is 0.276. The number of carbonyl (C=O) groups excluding carboxylic acids is 3. The summed E-state index contributed by atoms with van der Waals surface area (Å²) >= 11 is 6.81. The molecule has 3 aromatic carbocycles. The Morgan fingerprint density at radius 3 is 2.02 bits per heavy atom. The van der Waals surface area contributed by atoms with E-state index < -0.39 is 5.92 Å². The molecule has 1 N–H and O–H groups in total. The number of nitrogens with zero attached hydrogens (tertiary/aromatic N) is 1. The average Bonchev–Trinajstić information content (AvgIpc) is 2.98. The molecule has 0 bridgehead atoms. The van der Waals surface area contributed by atoms with Crippen LogP contribution in [0.5, 0.6) is 5.75 Å². The van der Waals surface area contributed by atoms with Crippen molar-refractivity contribution < 1.29 is 19.1 Å². The van der Waals surface area contributed by atoms with Crippen LogP contribution in [0.25, 0.3) is 0 Å². The van der Waals surface area contributed by atoms with Gasteiger partial charge in [0.05, 0.1) is 5.02 Å². The molecular formula is C40H43ClN2O4. The van der Waals surface area contributed by atoms with Crippen LogP contribution in [0.4, 0.5) is 5.69 Å². The van der Waals surface area contributed by atoms with Crippen molar-refractivity contribution in [3.05, 3.63) is 117 Å². The first-order chi connectivity index (χ1) is 22.2. The number of ketones is 2. The Balaban J connectivity index is 1.36. The first-order valence-electron chi connectivity index (χ1n) is 16.3. The summed E-state index contributed by atoms with van der Waals surface area (Å²) in [4.78, 5) is 43.2. The highest BCUT2D eigenvalue weighted by atomic mass is 35.5. The maximum atomic E-state index is 14.1. The van der Waals surface area contributed by atoms with Crippen LogP contribution in [0.3, 0.4) is 0 Å². The minimum absolute atomic E-state index is 0.0722. The molecule has 6 rings (SSSR count). The van der Waals surface area contributed by atoms with Gasteiger partial charge in [-0.2, -0.15) is 0 Å². The van der Waals surface area contributed by atoms with Gasteiger partial charge in [0.1, 0.15) is 5.75 Å². The van der Waals surface area contributed by atoms with E-state index in [0.29, 0.717) is 47.0 Å². The maximum Gasteiger partial charge on any atom is 0.262 e. The molecule has 2 aliphatic carbocycles. The molecule has 0 saturated heterocycles. The molecule has 1 aliphatic heterocycles. The molecule has 6 nitrogen and oxygen atoms in total. The molecule has 0 spiro atoms. The van der Waals surface area contributed by atoms with Gasteiger partial charge in [-0.15, -0.1) is 0 Å². The molecule has 244 valence electrons. The Bertz CT molecular complexity index is 1780. The van der Waals surface area contributed by atoms with Gasteiger partial charge in [-0.05, 0) is 84.0 Å². The zero-order valence-electron chi connectivity index (χ0n) is 28.1. The monoisotopic (exact) mass is 650 g/mol. The summed E-state index contributed by atoms with van der Waals surface area (Å²) in [6.07, 6.45) is 2.28. The van der Waals surface area contributed by atoms with E-state index in [2.05, 4.69) is 50.0 Å². The van der Waals surface area contributed by atoms with Crippen LogP contribution in [-0.2, 0) is 20.9 Å². The number of halogens is 1. The van der Waals surface area contributed by atoms with E-state index in [0.717, 1.165) is 46.5 Å². The van der Waals surface area contributed by atoms with Crippen molar-refractivity contribution in [3.8, 4) is 5.75 Å². The van der Waals surface area contributed by atoms with E-state index in [9.17, 15) is 14.4 Å². The number of hydrogen-bond donors (Lipinski definition) is 1. The Hall–Kier alpha value is -4.16. The van der Waals surface area contributed by atoms with Crippen molar-refractivity contribution in [2.75, 3.05) is 11.9 Å². The molecule has 1 heterocycles. The van der Waals surface area contributed by atoms with Crippen molar-refractivity contribution >= 4 is 34.8 Å². The predicted octanol–water partition coefficient (Wildman–Crippen LogP) is 8.86. The molecule has 1 amide bonds. The van der Waals surface area contributed by atoms with Gasteiger partial charge in [0.2, 0.25) is 0 Å². The van der Waals surface area contributed by atoms with E-state index in [-0.39, 0.29) is 34.9 Å². The SMILES string of the molecule is Cc1ccc(NC(=O)COc2ccc(C3C4=C(CC(C)(C)CC4=O)N(Cc4ccccc4)C4=C3C(=O)CC(C)(C)C4)cc2Cl)cc1C. The second kappa shape index (κ2) is 12.5. The molecule has 0 radical (unpaired) electrons. The number of hydrogen-bond acceptors (Lipinski definition) is 5. The number of anilines is 1. The Morgan fingerprint density at radius 1 is 0.830 bits per heavy atom. The summed E-state index contributed by atoms with van der Waals surface area (Å²) in [5, 5.41) is 3.19. The van der Waals surface area contributed by atoms with Crippen LogP contribution in [0.2, 0.25) is 5.02 Å². The lowest BCUT2D eigenvalue weighted by Gasteiger charge is -2.49. The molecule has 3 aromatic rings. The molecule has 0 fully saturated rings. The van der Waals surface area contributed by atoms with E-state index >= 15 is 0 Å². The Labute approximate surface area is 282 Å². The minimum Gasteiger partial charge on any atom is -0.482 e. The maximum absolute atomic E-state index is 14.1. The van der Waals surface area contributed by atoms with Crippen LogP contribution < -0.4 is 10.1 Å². The topological polar surface area (TPSA) is 75.7 Å². The van der Waals surface area contributed by atoms with Crippen molar-refractivity contribution in [1.82, 2.24) is 4.90 Å². The summed E-state index contributed by atoms with van der Waals surface area (Å²) in [5.74, 6) is -0.304. The first kappa shape index (κ1) is 32.8. The number of carbonyl (C=O) groups is 3. The summed E-state index contributed by atoms with van der Waals surface area (Å²) in [6, 6.07) is 21.4. The van der Waals surface area contributed by atoms with E-state index in [1.165, 1.54) is 0 Å². The van der Waals surface area contributed by atoms with E-state index in [4.69, 9.17) is 16.3 Å². The van der Waals surface area contributed by atoms with Gasteiger partial charge in [0.25, 0.3) is 5.91 Å². The number of nitrogens with one attached hydrogen (secondary N) is 1. The number of benzene rings is 3. The lowest BCUT2D eigenvalue weighted by Crippen LogP contribution is -2.44. The fraction of sp³-hybridized carbons (Fsp3) is 0.375. The summed E-state index contributed by atoms with van der Waals surface area (Å²) in [5.41, 5.74) is 7.83. The third-order valence-electron chi connectivity index (χ3n) is 9.64. The molecule has 3 aliphatic rings. The zero-order chi connectivity index (χ0) is 33.7. The van der Waals surface area contributed by atoms with Crippen LogP contribution in [-0.4, -0.2) is 29.0 Å². The number of aryl methyl sites for hydroxylation is 2. The van der Waals surface area contributed by atoms with Crippen molar-refractivity contribution in [2.45, 2.75) is 79.7 Å². The highest BCUT2D eigenvalue weighted by molar-refractivity contribution is 6.32. The molecule has 0 unspecified atom stereocenters. The van der Waals surface area contributed by atoms with Gasteiger partial charge in [-0.3, -0.25) is 14.4 Å². The number of Topliss-reactive ketones (excluding diaryl/α,β-unsaturated/α-hetero) is 2. The molecule has 47 heavy (non-hydrogen) atoms. The molecule has 0 saturated carbocycles. The third-order valence-corrected chi connectivity index (χ3v) is 9.94. The lowest BCUT2D eigenvalue weighted by molar-refractivity contribution is -0.120. The molecule has 7 heteroatoms. The number of rotatable bonds is 7. The minimum atomic E-state index is -0.515. The van der Waals surface area contributed by atoms with Gasteiger partial charge in [0.15, 0.2) is 18.2 Å². The van der Waals surface area contributed by atoms with E-state index in [1.807, 2.05) is 56.3 Å². The largest absolute Gasteiger partial charge is 0.482 e. The van der Waals surface area contributed by atoms with E-state index in [1.54, 1.807) is 12.1 Å².